The molecule has 0 saturated carbocycles. The molecule has 2 aromatic rings. The second-order valence-electron chi connectivity index (χ2n) is 3.79. The number of amides is 1. The maximum Gasteiger partial charge on any atom is 0.256 e. The third kappa shape index (κ3) is 2.96. The van der Waals surface area contributed by atoms with Crippen LogP contribution in [0.15, 0.2) is 18.5 Å². The minimum Gasteiger partial charge on any atom is -0.352 e. The lowest BCUT2D eigenvalue weighted by atomic mass is 10.3. The fraction of sp³-hybridized carbons (Fsp3) is 0.364. The molecule has 0 fully saturated rings. The molecule has 0 bridgehead atoms. The molecule has 3 N–H and O–H groups in total. The predicted octanol–water partition coefficient (Wildman–Crippen LogP) is 0.538. The van der Waals surface area contributed by atoms with Gasteiger partial charge in [0.15, 0.2) is 5.65 Å². The Kier molecular flexibility index (Phi) is 5.06. The monoisotopic (exact) mass is 269 g/mol. The molecule has 0 spiro atoms. The van der Waals surface area contributed by atoms with E-state index in [9.17, 15) is 4.79 Å². The Balaban J connectivity index is 0.00000162. The molecule has 0 radical (unpaired) electrons. The molecule has 0 aliphatic carbocycles. The molecule has 0 atom stereocenters. The van der Waals surface area contributed by atoms with Crippen LogP contribution in [0.4, 0.5) is 0 Å². The SMILES string of the molecule is Cc1ccn2ncc(C(=O)NCCCN)c2n1.Cl. The van der Waals surface area contributed by atoms with Crippen molar-refractivity contribution in [2.45, 2.75) is 13.3 Å². The number of nitrogens with zero attached hydrogens (tertiary/aromatic N) is 3. The summed E-state index contributed by atoms with van der Waals surface area (Å²) in [5, 5.41) is 6.86. The molecule has 0 saturated heterocycles. The highest BCUT2D eigenvalue weighted by Crippen LogP contribution is 2.08. The summed E-state index contributed by atoms with van der Waals surface area (Å²) in [5.41, 5.74) is 7.29. The predicted molar refractivity (Wildman–Crippen MR) is 71.0 cm³/mol. The molecule has 2 heterocycles. The molecular formula is C11H16ClN5O. The molecule has 2 rings (SSSR count). The van der Waals surface area contributed by atoms with Gasteiger partial charge < -0.3 is 11.1 Å². The first kappa shape index (κ1) is 14.4. The molecule has 0 aromatic carbocycles. The Morgan fingerprint density at radius 2 is 2.33 bits per heavy atom. The molecule has 6 nitrogen and oxygen atoms in total. The molecular weight excluding hydrogens is 254 g/mol. The van der Waals surface area contributed by atoms with Crippen molar-refractivity contribution in [2.75, 3.05) is 13.1 Å². The largest absolute Gasteiger partial charge is 0.352 e. The minimum atomic E-state index is -0.161. The van der Waals surface area contributed by atoms with E-state index in [0.29, 0.717) is 24.3 Å². The van der Waals surface area contributed by atoms with Crippen LogP contribution in [-0.4, -0.2) is 33.6 Å². The number of rotatable bonds is 4. The second-order valence-corrected chi connectivity index (χ2v) is 3.79. The number of nitrogens with one attached hydrogen (secondary N) is 1. The first-order valence-corrected chi connectivity index (χ1v) is 5.51. The molecule has 18 heavy (non-hydrogen) atoms. The van der Waals surface area contributed by atoms with Gasteiger partial charge in [-0.3, -0.25) is 4.79 Å². The quantitative estimate of drug-likeness (QED) is 0.794. The van der Waals surface area contributed by atoms with Crippen LogP contribution in [0.3, 0.4) is 0 Å². The van der Waals surface area contributed by atoms with Crippen molar-refractivity contribution in [2.24, 2.45) is 5.73 Å². The number of hydrogen-bond acceptors (Lipinski definition) is 4. The van der Waals surface area contributed by atoms with Crippen molar-refractivity contribution in [3.63, 3.8) is 0 Å². The summed E-state index contributed by atoms with van der Waals surface area (Å²) in [7, 11) is 0. The number of nitrogens with two attached hydrogens (primary N) is 1. The van der Waals surface area contributed by atoms with Crippen molar-refractivity contribution in [1.29, 1.82) is 0 Å². The molecule has 0 aliphatic rings. The number of aryl methyl sites for hydroxylation is 1. The highest BCUT2D eigenvalue weighted by atomic mass is 35.5. The van der Waals surface area contributed by atoms with E-state index in [1.165, 1.54) is 6.20 Å². The van der Waals surface area contributed by atoms with Crippen LogP contribution in [0.5, 0.6) is 0 Å². The van der Waals surface area contributed by atoms with Crippen molar-refractivity contribution in [3.8, 4) is 0 Å². The number of hydrogen-bond donors (Lipinski definition) is 2. The molecule has 1 amide bonds. The highest BCUT2D eigenvalue weighted by molar-refractivity contribution is 5.99. The van der Waals surface area contributed by atoms with E-state index in [2.05, 4.69) is 15.4 Å². The lowest BCUT2D eigenvalue weighted by Gasteiger charge is -2.02. The zero-order valence-corrected chi connectivity index (χ0v) is 10.9. The fourth-order valence-corrected chi connectivity index (χ4v) is 1.52. The maximum absolute atomic E-state index is 11.9. The summed E-state index contributed by atoms with van der Waals surface area (Å²) in [6.45, 7) is 3.01. The minimum absolute atomic E-state index is 0. The molecule has 7 heteroatoms. The Morgan fingerprint density at radius 3 is 3.06 bits per heavy atom. The van der Waals surface area contributed by atoms with E-state index in [1.807, 2.05) is 13.0 Å². The van der Waals surface area contributed by atoms with Gasteiger partial charge in [0.2, 0.25) is 0 Å². The number of halogens is 1. The zero-order chi connectivity index (χ0) is 12.3. The van der Waals surface area contributed by atoms with Crippen LogP contribution in [0, 0.1) is 6.92 Å². The van der Waals surface area contributed by atoms with Crippen molar-refractivity contribution >= 4 is 24.0 Å². The van der Waals surface area contributed by atoms with Crippen LogP contribution in [0.1, 0.15) is 22.5 Å². The summed E-state index contributed by atoms with van der Waals surface area (Å²) < 4.78 is 1.59. The van der Waals surface area contributed by atoms with E-state index >= 15 is 0 Å². The molecule has 0 unspecified atom stereocenters. The highest BCUT2D eigenvalue weighted by Gasteiger charge is 2.13. The summed E-state index contributed by atoms with van der Waals surface area (Å²) in [4.78, 5) is 16.2. The third-order valence-electron chi connectivity index (χ3n) is 2.42. The Bertz CT molecular complexity index is 539. The van der Waals surface area contributed by atoms with Crippen LogP contribution < -0.4 is 11.1 Å². The second kappa shape index (κ2) is 6.32. The fourth-order valence-electron chi connectivity index (χ4n) is 1.52. The lowest BCUT2D eigenvalue weighted by Crippen LogP contribution is -2.26. The first-order valence-electron chi connectivity index (χ1n) is 5.51. The Labute approximate surface area is 111 Å². The van der Waals surface area contributed by atoms with Gasteiger partial charge in [0, 0.05) is 18.4 Å². The summed E-state index contributed by atoms with van der Waals surface area (Å²) in [5.74, 6) is -0.161. The van der Waals surface area contributed by atoms with Crippen molar-refractivity contribution in [1.82, 2.24) is 19.9 Å². The van der Waals surface area contributed by atoms with Gasteiger partial charge in [0.25, 0.3) is 5.91 Å². The smallest absolute Gasteiger partial charge is 0.256 e. The third-order valence-corrected chi connectivity index (χ3v) is 2.42. The van der Waals surface area contributed by atoms with Gasteiger partial charge in [0.05, 0.1) is 6.20 Å². The Morgan fingerprint density at radius 1 is 1.56 bits per heavy atom. The molecule has 0 aliphatic heterocycles. The Hall–Kier alpha value is -1.66. The van der Waals surface area contributed by atoms with Crippen molar-refractivity contribution in [3.05, 3.63) is 29.7 Å². The van der Waals surface area contributed by atoms with Gasteiger partial charge in [-0.05, 0) is 26.0 Å². The van der Waals surface area contributed by atoms with E-state index < -0.39 is 0 Å². The van der Waals surface area contributed by atoms with Gasteiger partial charge in [-0.1, -0.05) is 0 Å². The van der Waals surface area contributed by atoms with Crippen LogP contribution in [0.2, 0.25) is 0 Å². The van der Waals surface area contributed by atoms with Gasteiger partial charge in [-0.25, -0.2) is 9.50 Å². The molecule has 98 valence electrons. The maximum atomic E-state index is 11.9. The number of fused-ring (bicyclic) bond motifs is 1. The van der Waals surface area contributed by atoms with E-state index in [0.717, 1.165) is 12.1 Å². The van der Waals surface area contributed by atoms with Gasteiger partial charge in [0.1, 0.15) is 5.56 Å². The van der Waals surface area contributed by atoms with Gasteiger partial charge in [-0.15, -0.1) is 12.4 Å². The first-order chi connectivity index (χ1) is 8.22. The van der Waals surface area contributed by atoms with E-state index in [4.69, 9.17) is 5.73 Å². The van der Waals surface area contributed by atoms with Crippen LogP contribution in [0.25, 0.3) is 5.65 Å². The number of carbonyl (C=O) groups excluding carboxylic acids is 1. The van der Waals surface area contributed by atoms with Gasteiger partial charge in [-0.2, -0.15) is 5.10 Å². The molecule has 2 aromatic heterocycles. The topological polar surface area (TPSA) is 85.3 Å². The average molecular weight is 270 g/mol. The summed E-state index contributed by atoms with van der Waals surface area (Å²) in [6.07, 6.45) is 4.07. The lowest BCUT2D eigenvalue weighted by molar-refractivity contribution is 0.0955. The van der Waals surface area contributed by atoms with E-state index in [1.54, 1.807) is 10.7 Å². The van der Waals surface area contributed by atoms with Crippen LogP contribution in [-0.2, 0) is 0 Å². The van der Waals surface area contributed by atoms with Crippen LogP contribution >= 0.6 is 12.4 Å². The number of aromatic nitrogens is 3. The summed E-state index contributed by atoms with van der Waals surface area (Å²) in [6, 6.07) is 1.84. The summed E-state index contributed by atoms with van der Waals surface area (Å²) >= 11 is 0. The zero-order valence-electron chi connectivity index (χ0n) is 10.1. The average Bonchev–Trinajstić information content (AvgIpc) is 2.72. The normalized spacial score (nSPS) is 10.1. The van der Waals surface area contributed by atoms with Gasteiger partial charge >= 0.3 is 0 Å². The van der Waals surface area contributed by atoms with E-state index in [-0.39, 0.29) is 18.3 Å². The standard InChI is InChI=1S/C11H15N5O.ClH/c1-8-3-6-16-10(15-8)9(7-14-16)11(17)13-5-2-4-12;/h3,6-7H,2,4-5,12H2,1H3,(H,13,17);1H. The van der Waals surface area contributed by atoms with Crippen molar-refractivity contribution < 1.29 is 4.79 Å². The number of carbonyl (C=O) groups is 1.